The number of fused-ring (bicyclic) bond motifs is 1. The topological polar surface area (TPSA) is 12.0 Å². The maximum Gasteiger partial charge on any atom is 0.0107 e. The van der Waals surface area contributed by atoms with Crippen molar-refractivity contribution >= 4 is 11.8 Å². The van der Waals surface area contributed by atoms with Gasteiger partial charge in [-0.05, 0) is 55.1 Å². The fourth-order valence-corrected chi connectivity index (χ4v) is 5.58. The SMILES string of the molecule is c1ccc2c(c1)SCC2CC1(CNC2CC2)CCCCC1. The summed E-state index contributed by atoms with van der Waals surface area (Å²) in [5.74, 6) is 2.11. The van der Waals surface area contributed by atoms with Gasteiger partial charge in [-0.15, -0.1) is 11.8 Å². The Morgan fingerprint density at radius 2 is 1.90 bits per heavy atom. The summed E-state index contributed by atoms with van der Waals surface area (Å²) in [6.07, 6.45) is 11.5. The zero-order chi connectivity index (χ0) is 14.1. The van der Waals surface area contributed by atoms with E-state index in [9.17, 15) is 0 Å². The third-order valence-electron chi connectivity index (χ3n) is 5.74. The molecule has 0 saturated heterocycles. The molecule has 2 fully saturated rings. The fraction of sp³-hybridized carbons (Fsp3) is 0.684. The maximum absolute atomic E-state index is 3.86. The van der Waals surface area contributed by atoms with Crippen LogP contribution in [0.25, 0.3) is 0 Å². The highest BCUT2D eigenvalue weighted by Gasteiger charge is 2.38. The van der Waals surface area contributed by atoms with Gasteiger partial charge in [0, 0.05) is 23.2 Å². The first-order chi connectivity index (χ1) is 10.3. The summed E-state index contributed by atoms with van der Waals surface area (Å²) >= 11 is 2.08. The Labute approximate surface area is 133 Å². The van der Waals surface area contributed by atoms with Crippen LogP contribution in [0.3, 0.4) is 0 Å². The zero-order valence-electron chi connectivity index (χ0n) is 12.9. The molecule has 1 aliphatic heterocycles. The molecule has 114 valence electrons. The van der Waals surface area contributed by atoms with Gasteiger partial charge in [0.15, 0.2) is 0 Å². The molecule has 1 atom stereocenters. The standard InChI is InChI=1S/C19H27NS/c1-4-10-19(11-5-1,14-20-16-8-9-16)12-15-13-21-18-7-3-2-6-17(15)18/h2-3,6-7,15-16,20H,1,4-5,8-14H2. The molecule has 0 amide bonds. The Kier molecular flexibility index (Phi) is 4.02. The van der Waals surface area contributed by atoms with Gasteiger partial charge in [-0.1, -0.05) is 37.5 Å². The first-order valence-corrected chi connectivity index (χ1v) is 9.78. The minimum Gasteiger partial charge on any atom is -0.313 e. The van der Waals surface area contributed by atoms with E-state index in [0.29, 0.717) is 5.41 Å². The predicted octanol–water partition coefficient (Wildman–Crippen LogP) is 4.97. The molecule has 0 aromatic heterocycles. The van der Waals surface area contributed by atoms with Gasteiger partial charge in [0.1, 0.15) is 0 Å². The fourth-order valence-electron chi connectivity index (χ4n) is 4.32. The van der Waals surface area contributed by atoms with Crippen LogP contribution in [0.2, 0.25) is 0 Å². The monoisotopic (exact) mass is 301 g/mol. The molecule has 1 nitrogen and oxygen atoms in total. The van der Waals surface area contributed by atoms with Crippen LogP contribution in [-0.2, 0) is 0 Å². The Morgan fingerprint density at radius 3 is 2.71 bits per heavy atom. The molecule has 0 spiro atoms. The van der Waals surface area contributed by atoms with Crippen molar-refractivity contribution in [3.63, 3.8) is 0 Å². The second kappa shape index (κ2) is 5.96. The first-order valence-electron chi connectivity index (χ1n) is 8.80. The van der Waals surface area contributed by atoms with Crippen LogP contribution < -0.4 is 5.32 Å². The average Bonchev–Trinajstić information content (AvgIpc) is 3.28. The first kappa shape index (κ1) is 14.1. The van der Waals surface area contributed by atoms with E-state index in [1.165, 1.54) is 63.7 Å². The van der Waals surface area contributed by atoms with E-state index in [4.69, 9.17) is 0 Å². The van der Waals surface area contributed by atoms with Crippen LogP contribution in [0.4, 0.5) is 0 Å². The van der Waals surface area contributed by atoms with E-state index >= 15 is 0 Å². The molecule has 2 aliphatic carbocycles. The summed E-state index contributed by atoms with van der Waals surface area (Å²) < 4.78 is 0. The molecule has 0 radical (unpaired) electrons. The summed E-state index contributed by atoms with van der Waals surface area (Å²) in [5.41, 5.74) is 2.22. The van der Waals surface area contributed by atoms with Crippen molar-refractivity contribution in [3.05, 3.63) is 29.8 Å². The van der Waals surface area contributed by atoms with Gasteiger partial charge in [-0.25, -0.2) is 0 Å². The van der Waals surface area contributed by atoms with E-state index in [2.05, 4.69) is 41.3 Å². The quantitative estimate of drug-likeness (QED) is 0.824. The van der Waals surface area contributed by atoms with Crippen LogP contribution in [0.15, 0.2) is 29.2 Å². The van der Waals surface area contributed by atoms with Crippen LogP contribution >= 0.6 is 11.8 Å². The number of thioether (sulfide) groups is 1. The third-order valence-corrected chi connectivity index (χ3v) is 6.99. The van der Waals surface area contributed by atoms with E-state index in [1.54, 1.807) is 10.5 Å². The summed E-state index contributed by atoms with van der Waals surface area (Å²) in [6.45, 7) is 1.28. The van der Waals surface area contributed by atoms with Crippen molar-refractivity contribution in [2.45, 2.75) is 68.2 Å². The molecule has 0 bridgehead atoms. The largest absolute Gasteiger partial charge is 0.313 e. The minimum atomic E-state index is 0.587. The Bertz CT molecular complexity index is 488. The number of hydrogen-bond donors (Lipinski definition) is 1. The van der Waals surface area contributed by atoms with Crippen molar-refractivity contribution in [2.75, 3.05) is 12.3 Å². The molecule has 4 rings (SSSR count). The smallest absolute Gasteiger partial charge is 0.0107 e. The number of nitrogens with one attached hydrogen (secondary N) is 1. The van der Waals surface area contributed by atoms with Crippen LogP contribution in [-0.4, -0.2) is 18.3 Å². The molecule has 2 heteroatoms. The van der Waals surface area contributed by atoms with Gasteiger partial charge in [0.05, 0.1) is 0 Å². The predicted molar refractivity (Wildman–Crippen MR) is 91.1 cm³/mol. The van der Waals surface area contributed by atoms with Crippen molar-refractivity contribution in [1.29, 1.82) is 0 Å². The van der Waals surface area contributed by atoms with Crippen LogP contribution in [0.1, 0.15) is 62.8 Å². The second-order valence-electron chi connectivity index (χ2n) is 7.47. The molecule has 21 heavy (non-hydrogen) atoms. The lowest BCUT2D eigenvalue weighted by Crippen LogP contribution is -2.38. The molecule has 1 N–H and O–H groups in total. The number of hydrogen-bond acceptors (Lipinski definition) is 2. The van der Waals surface area contributed by atoms with Gasteiger partial charge < -0.3 is 5.32 Å². The molecule has 2 saturated carbocycles. The highest BCUT2D eigenvalue weighted by Crippen LogP contribution is 2.49. The Balaban J connectivity index is 1.48. The van der Waals surface area contributed by atoms with E-state index in [1.807, 2.05) is 0 Å². The number of benzene rings is 1. The third kappa shape index (κ3) is 3.17. The molecule has 1 aromatic carbocycles. The molecule has 3 aliphatic rings. The van der Waals surface area contributed by atoms with Crippen molar-refractivity contribution < 1.29 is 0 Å². The van der Waals surface area contributed by atoms with Crippen LogP contribution in [0.5, 0.6) is 0 Å². The van der Waals surface area contributed by atoms with E-state index in [0.717, 1.165) is 12.0 Å². The van der Waals surface area contributed by atoms with Crippen molar-refractivity contribution in [2.24, 2.45) is 5.41 Å². The Morgan fingerprint density at radius 1 is 1.10 bits per heavy atom. The highest BCUT2D eigenvalue weighted by molar-refractivity contribution is 7.99. The summed E-state index contributed by atoms with van der Waals surface area (Å²) in [5, 5.41) is 3.86. The normalized spacial score (nSPS) is 27.5. The molecular formula is C19H27NS. The molecular weight excluding hydrogens is 274 g/mol. The van der Waals surface area contributed by atoms with Gasteiger partial charge in [-0.2, -0.15) is 0 Å². The lowest BCUT2D eigenvalue weighted by molar-refractivity contribution is 0.157. The Hall–Kier alpha value is -0.470. The number of rotatable bonds is 5. The van der Waals surface area contributed by atoms with Gasteiger partial charge >= 0.3 is 0 Å². The lowest BCUT2D eigenvalue weighted by Gasteiger charge is -2.40. The summed E-state index contributed by atoms with van der Waals surface area (Å²) in [4.78, 5) is 1.55. The van der Waals surface area contributed by atoms with E-state index in [-0.39, 0.29) is 0 Å². The van der Waals surface area contributed by atoms with Gasteiger partial charge in [0.2, 0.25) is 0 Å². The molecule has 1 heterocycles. The maximum atomic E-state index is 3.86. The zero-order valence-corrected chi connectivity index (χ0v) is 13.8. The van der Waals surface area contributed by atoms with Crippen LogP contribution in [0, 0.1) is 5.41 Å². The summed E-state index contributed by atoms with van der Waals surface area (Å²) in [7, 11) is 0. The minimum absolute atomic E-state index is 0.587. The molecule has 1 unspecified atom stereocenters. The van der Waals surface area contributed by atoms with E-state index < -0.39 is 0 Å². The van der Waals surface area contributed by atoms with Gasteiger partial charge in [0.25, 0.3) is 0 Å². The average molecular weight is 301 g/mol. The lowest BCUT2D eigenvalue weighted by atomic mass is 9.68. The van der Waals surface area contributed by atoms with Crippen molar-refractivity contribution in [3.8, 4) is 0 Å². The van der Waals surface area contributed by atoms with Gasteiger partial charge in [-0.3, -0.25) is 0 Å². The molecule has 1 aromatic rings. The highest BCUT2D eigenvalue weighted by atomic mass is 32.2. The van der Waals surface area contributed by atoms with Crippen molar-refractivity contribution in [1.82, 2.24) is 5.32 Å². The summed E-state index contributed by atoms with van der Waals surface area (Å²) in [6, 6.07) is 9.97. The second-order valence-corrected chi connectivity index (χ2v) is 8.53.